The lowest BCUT2D eigenvalue weighted by Gasteiger charge is -2.08. The lowest BCUT2D eigenvalue weighted by atomic mass is 10.2. The van der Waals surface area contributed by atoms with Crippen molar-refractivity contribution in [3.8, 4) is 0 Å². The number of hydrogen-bond donors (Lipinski definition) is 2. The van der Waals surface area contributed by atoms with Crippen molar-refractivity contribution in [1.82, 2.24) is 25.2 Å². The van der Waals surface area contributed by atoms with E-state index in [0.717, 1.165) is 18.1 Å². The summed E-state index contributed by atoms with van der Waals surface area (Å²) in [5.41, 5.74) is 1.75. The minimum Gasteiger partial charge on any atom is -0.504 e. The number of carbonyl (C=O) groups is 1. The van der Waals surface area contributed by atoms with Gasteiger partial charge in [-0.1, -0.05) is 25.1 Å². The molecular formula is C17H16FN5O2. The molecule has 2 aromatic heterocycles. The number of carbonyl (C=O) groups excluding carboxylic acids is 1. The van der Waals surface area contributed by atoms with Gasteiger partial charge in [0.1, 0.15) is 5.82 Å². The Morgan fingerprint density at radius 3 is 2.88 bits per heavy atom. The molecular weight excluding hydrogens is 325 g/mol. The van der Waals surface area contributed by atoms with Gasteiger partial charge in [0, 0.05) is 17.8 Å². The summed E-state index contributed by atoms with van der Waals surface area (Å²) in [7, 11) is 0. The van der Waals surface area contributed by atoms with Crippen LogP contribution in [0.5, 0.6) is 0 Å². The van der Waals surface area contributed by atoms with Crippen LogP contribution in [0.25, 0.3) is 5.76 Å². The van der Waals surface area contributed by atoms with Crippen LogP contribution in [0.1, 0.15) is 34.4 Å². The summed E-state index contributed by atoms with van der Waals surface area (Å²) in [6.07, 6.45) is 3.56. The van der Waals surface area contributed by atoms with Gasteiger partial charge in [-0.15, -0.1) is 10.2 Å². The Morgan fingerprint density at radius 2 is 2.20 bits per heavy atom. The number of aryl methyl sites for hydroxylation is 1. The van der Waals surface area contributed by atoms with Crippen LogP contribution in [0.2, 0.25) is 0 Å². The quantitative estimate of drug-likeness (QED) is 0.408. The number of nitrogens with zero attached hydrogens (tertiary/aromatic N) is 4. The summed E-state index contributed by atoms with van der Waals surface area (Å²) in [4.78, 5) is 12.5. The molecule has 3 aromatic rings. The van der Waals surface area contributed by atoms with Crippen molar-refractivity contribution >= 4 is 11.5 Å². The molecule has 0 aliphatic rings. The average molecular weight is 341 g/mol. The van der Waals surface area contributed by atoms with E-state index in [2.05, 4.69) is 20.6 Å². The van der Waals surface area contributed by atoms with Crippen molar-refractivity contribution < 1.29 is 14.3 Å². The zero-order valence-electron chi connectivity index (χ0n) is 13.5. The summed E-state index contributed by atoms with van der Waals surface area (Å²) in [5.74, 6) is -1.23. The van der Waals surface area contributed by atoms with Gasteiger partial charge in [0.15, 0.2) is 5.76 Å². The topological polar surface area (TPSA) is 96.7 Å². The molecule has 25 heavy (non-hydrogen) atoms. The summed E-state index contributed by atoms with van der Waals surface area (Å²) in [5, 5.41) is 22.7. The average Bonchev–Trinajstić information content (AvgIpc) is 3.26. The van der Waals surface area contributed by atoms with Gasteiger partial charge in [-0.2, -0.15) is 5.21 Å². The summed E-state index contributed by atoms with van der Waals surface area (Å²) in [6, 6.07) is 8.13. The van der Waals surface area contributed by atoms with Crippen molar-refractivity contribution in [3.05, 3.63) is 71.1 Å². The monoisotopic (exact) mass is 341 g/mol. The fourth-order valence-electron chi connectivity index (χ4n) is 2.45. The molecule has 0 aliphatic carbocycles. The lowest BCUT2D eigenvalue weighted by molar-refractivity contribution is 0.103. The highest BCUT2D eigenvalue weighted by atomic mass is 19.1. The summed E-state index contributed by atoms with van der Waals surface area (Å²) < 4.78 is 15.6. The maximum absolute atomic E-state index is 13.9. The Bertz CT molecular complexity index is 915. The van der Waals surface area contributed by atoms with Crippen molar-refractivity contribution in [2.24, 2.45) is 0 Å². The Balaban J connectivity index is 1.93. The van der Waals surface area contributed by atoms with Gasteiger partial charge in [0.2, 0.25) is 11.6 Å². The maximum Gasteiger partial charge on any atom is 0.239 e. The van der Waals surface area contributed by atoms with E-state index in [0.29, 0.717) is 11.3 Å². The van der Waals surface area contributed by atoms with E-state index >= 15 is 0 Å². The normalized spacial score (nSPS) is 11.7. The highest BCUT2D eigenvalue weighted by Crippen LogP contribution is 2.17. The smallest absolute Gasteiger partial charge is 0.239 e. The first kappa shape index (κ1) is 16.6. The van der Waals surface area contributed by atoms with Crippen molar-refractivity contribution in [3.63, 3.8) is 0 Å². The van der Waals surface area contributed by atoms with E-state index < -0.39 is 11.5 Å². The molecule has 0 atom stereocenters. The zero-order chi connectivity index (χ0) is 17.8. The largest absolute Gasteiger partial charge is 0.504 e. The van der Waals surface area contributed by atoms with Crippen LogP contribution in [-0.4, -0.2) is 36.1 Å². The van der Waals surface area contributed by atoms with E-state index in [-0.39, 0.29) is 18.2 Å². The molecule has 8 heteroatoms. The van der Waals surface area contributed by atoms with Crippen LogP contribution in [0.15, 0.2) is 42.6 Å². The molecule has 2 heterocycles. The van der Waals surface area contributed by atoms with Gasteiger partial charge in [-0.25, -0.2) is 4.39 Å². The minimum absolute atomic E-state index is 0.0729. The number of aliphatic hydroxyl groups is 1. The molecule has 0 fully saturated rings. The standard InChI is InChI=1S/C17H16FN5O2/c1-2-11-7-14(15(24)8-16(25)17-19-21-22-20-17)23(9-11)10-12-5-3-4-6-13(12)18/h3-9,25H,2,10H2,1H3,(H,19,20,21,22). The second-order valence-corrected chi connectivity index (χ2v) is 5.44. The van der Waals surface area contributed by atoms with Crippen LogP contribution in [0.4, 0.5) is 4.39 Å². The second-order valence-electron chi connectivity index (χ2n) is 5.44. The van der Waals surface area contributed by atoms with Crippen molar-refractivity contribution in [2.45, 2.75) is 19.9 Å². The molecule has 0 unspecified atom stereocenters. The Kier molecular flexibility index (Phi) is 4.69. The number of aromatic amines is 1. The van der Waals surface area contributed by atoms with Crippen molar-refractivity contribution in [1.29, 1.82) is 0 Å². The first-order chi connectivity index (χ1) is 12.1. The first-order valence-electron chi connectivity index (χ1n) is 7.69. The molecule has 1 aromatic carbocycles. The SMILES string of the molecule is CCc1cc(C(=O)C=C(O)c2nn[nH]n2)n(Cc2ccccc2F)c1. The molecule has 0 amide bonds. The van der Waals surface area contributed by atoms with Gasteiger partial charge in [-0.05, 0) is 29.3 Å². The van der Waals surface area contributed by atoms with Gasteiger partial charge >= 0.3 is 0 Å². The van der Waals surface area contributed by atoms with Crippen LogP contribution in [-0.2, 0) is 13.0 Å². The van der Waals surface area contributed by atoms with E-state index in [9.17, 15) is 14.3 Å². The number of aliphatic hydroxyl groups excluding tert-OH is 1. The van der Waals surface area contributed by atoms with Gasteiger partial charge in [-0.3, -0.25) is 4.79 Å². The lowest BCUT2D eigenvalue weighted by Crippen LogP contribution is -2.09. The van der Waals surface area contributed by atoms with Crippen LogP contribution in [0.3, 0.4) is 0 Å². The fourth-order valence-corrected chi connectivity index (χ4v) is 2.45. The van der Waals surface area contributed by atoms with Crippen LogP contribution >= 0.6 is 0 Å². The van der Waals surface area contributed by atoms with E-state index in [1.165, 1.54) is 6.07 Å². The van der Waals surface area contributed by atoms with Crippen LogP contribution in [0, 0.1) is 5.82 Å². The number of tetrazole rings is 1. The maximum atomic E-state index is 13.9. The first-order valence-corrected chi connectivity index (χ1v) is 7.69. The second kappa shape index (κ2) is 7.08. The Morgan fingerprint density at radius 1 is 1.40 bits per heavy atom. The van der Waals surface area contributed by atoms with Gasteiger partial charge in [0.25, 0.3) is 0 Å². The number of nitrogens with one attached hydrogen (secondary N) is 1. The third-order valence-corrected chi connectivity index (χ3v) is 3.75. The number of rotatable bonds is 6. The number of benzene rings is 1. The number of aromatic nitrogens is 5. The van der Waals surface area contributed by atoms with Gasteiger partial charge < -0.3 is 9.67 Å². The van der Waals surface area contributed by atoms with Crippen LogP contribution < -0.4 is 0 Å². The van der Waals surface area contributed by atoms with Gasteiger partial charge in [0.05, 0.1) is 12.2 Å². The van der Waals surface area contributed by atoms with E-state index in [1.54, 1.807) is 35.0 Å². The highest BCUT2D eigenvalue weighted by Gasteiger charge is 2.15. The number of H-pyrrole nitrogens is 1. The third kappa shape index (κ3) is 3.63. The molecule has 0 bridgehead atoms. The van der Waals surface area contributed by atoms with E-state index in [1.807, 2.05) is 6.92 Å². The molecule has 128 valence electrons. The summed E-state index contributed by atoms with van der Waals surface area (Å²) in [6.45, 7) is 2.17. The highest BCUT2D eigenvalue weighted by molar-refractivity contribution is 6.06. The molecule has 0 radical (unpaired) electrons. The molecule has 2 N–H and O–H groups in total. The molecule has 3 rings (SSSR count). The predicted molar refractivity (Wildman–Crippen MR) is 88.4 cm³/mol. The van der Waals surface area contributed by atoms with Crippen molar-refractivity contribution in [2.75, 3.05) is 0 Å². The molecule has 7 nitrogen and oxygen atoms in total. The number of hydrogen-bond acceptors (Lipinski definition) is 5. The Hall–Kier alpha value is -3.29. The minimum atomic E-state index is -0.432. The molecule has 0 saturated carbocycles. The molecule has 0 saturated heterocycles. The number of allylic oxidation sites excluding steroid dienone is 1. The molecule has 0 spiro atoms. The Labute approximate surface area is 142 Å². The third-order valence-electron chi connectivity index (χ3n) is 3.75. The molecule has 0 aliphatic heterocycles. The summed E-state index contributed by atoms with van der Waals surface area (Å²) >= 11 is 0. The number of ketones is 1. The fraction of sp³-hybridized carbons (Fsp3) is 0.176. The number of halogens is 1. The van der Waals surface area contributed by atoms with E-state index in [4.69, 9.17) is 0 Å². The zero-order valence-corrected chi connectivity index (χ0v) is 13.5. The predicted octanol–water partition coefficient (Wildman–Crippen LogP) is 2.53.